The highest BCUT2D eigenvalue weighted by molar-refractivity contribution is 6.35. The van der Waals surface area contributed by atoms with E-state index in [1.54, 1.807) is 12.1 Å². The van der Waals surface area contributed by atoms with Crippen molar-refractivity contribution in [2.75, 3.05) is 0 Å². The summed E-state index contributed by atoms with van der Waals surface area (Å²) >= 11 is 6.14. The van der Waals surface area contributed by atoms with Crippen molar-refractivity contribution in [1.82, 2.24) is 5.16 Å². The van der Waals surface area contributed by atoms with E-state index < -0.39 is 0 Å². The SMILES string of the molecule is Cc1noc(C)c1-c1cccc(C=O)c1Cl. The van der Waals surface area contributed by atoms with Crippen molar-refractivity contribution in [1.29, 1.82) is 0 Å². The molecule has 0 amide bonds. The van der Waals surface area contributed by atoms with E-state index in [0.717, 1.165) is 23.1 Å². The summed E-state index contributed by atoms with van der Waals surface area (Å²) in [6.45, 7) is 3.66. The lowest BCUT2D eigenvalue weighted by Crippen LogP contribution is -1.88. The van der Waals surface area contributed by atoms with Gasteiger partial charge in [-0.3, -0.25) is 4.79 Å². The minimum Gasteiger partial charge on any atom is -0.361 e. The second-order valence-electron chi connectivity index (χ2n) is 3.53. The number of benzene rings is 1. The fourth-order valence-corrected chi connectivity index (χ4v) is 1.97. The minimum absolute atomic E-state index is 0.437. The highest BCUT2D eigenvalue weighted by atomic mass is 35.5. The van der Waals surface area contributed by atoms with Gasteiger partial charge >= 0.3 is 0 Å². The molecule has 2 rings (SSSR count). The van der Waals surface area contributed by atoms with E-state index in [0.29, 0.717) is 16.3 Å². The van der Waals surface area contributed by atoms with E-state index >= 15 is 0 Å². The van der Waals surface area contributed by atoms with Crippen LogP contribution in [0.1, 0.15) is 21.8 Å². The summed E-state index contributed by atoms with van der Waals surface area (Å²) in [5.41, 5.74) is 2.87. The first kappa shape index (κ1) is 10.9. The molecule has 0 spiro atoms. The van der Waals surface area contributed by atoms with Gasteiger partial charge in [0.25, 0.3) is 0 Å². The van der Waals surface area contributed by atoms with Crippen LogP contribution in [-0.2, 0) is 0 Å². The van der Waals surface area contributed by atoms with Gasteiger partial charge in [-0.05, 0) is 13.8 Å². The van der Waals surface area contributed by atoms with Crippen LogP contribution in [-0.4, -0.2) is 11.4 Å². The number of hydrogen-bond acceptors (Lipinski definition) is 3. The first-order valence-electron chi connectivity index (χ1n) is 4.82. The van der Waals surface area contributed by atoms with Crippen LogP contribution >= 0.6 is 11.6 Å². The fourth-order valence-electron chi connectivity index (χ4n) is 1.70. The van der Waals surface area contributed by atoms with Gasteiger partial charge in [0.2, 0.25) is 0 Å². The molecule has 0 aliphatic carbocycles. The monoisotopic (exact) mass is 235 g/mol. The van der Waals surface area contributed by atoms with Crippen LogP contribution in [0.15, 0.2) is 22.7 Å². The molecule has 0 unspecified atom stereocenters. The Labute approximate surface area is 98.0 Å². The number of rotatable bonds is 2. The Morgan fingerprint density at radius 3 is 2.69 bits per heavy atom. The predicted molar refractivity (Wildman–Crippen MR) is 61.8 cm³/mol. The van der Waals surface area contributed by atoms with Crippen molar-refractivity contribution in [2.24, 2.45) is 0 Å². The molecule has 3 nitrogen and oxygen atoms in total. The van der Waals surface area contributed by atoms with Crippen molar-refractivity contribution in [3.8, 4) is 11.1 Å². The lowest BCUT2D eigenvalue weighted by atomic mass is 10.0. The lowest BCUT2D eigenvalue weighted by molar-refractivity contribution is 0.112. The van der Waals surface area contributed by atoms with Crippen LogP contribution in [0.2, 0.25) is 5.02 Å². The number of carbonyl (C=O) groups excluding carboxylic acids is 1. The molecule has 0 aliphatic rings. The van der Waals surface area contributed by atoms with Crippen LogP contribution in [0.25, 0.3) is 11.1 Å². The normalized spacial score (nSPS) is 10.4. The van der Waals surface area contributed by atoms with Crippen LogP contribution in [0.5, 0.6) is 0 Å². The summed E-state index contributed by atoms with van der Waals surface area (Å²) < 4.78 is 5.08. The highest BCUT2D eigenvalue weighted by Crippen LogP contribution is 2.34. The van der Waals surface area contributed by atoms with E-state index in [-0.39, 0.29) is 0 Å². The quantitative estimate of drug-likeness (QED) is 0.749. The molecule has 1 aromatic carbocycles. The zero-order valence-electron chi connectivity index (χ0n) is 8.95. The molecule has 0 atom stereocenters. The zero-order chi connectivity index (χ0) is 11.7. The summed E-state index contributed by atoms with van der Waals surface area (Å²) in [7, 11) is 0. The third-order valence-corrected chi connectivity index (χ3v) is 2.88. The smallest absolute Gasteiger partial charge is 0.151 e. The molecule has 4 heteroatoms. The van der Waals surface area contributed by atoms with Gasteiger partial charge in [-0.15, -0.1) is 0 Å². The Kier molecular flexibility index (Phi) is 2.79. The van der Waals surface area contributed by atoms with E-state index in [1.807, 2.05) is 19.9 Å². The number of halogens is 1. The van der Waals surface area contributed by atoms with E-state index in [4.69, 9.17) is 16.1 Å². The Bertz CT molecular complexity index is 526. The van der Waals surface area contributed by atoms with Gasteiger partial charge < -0.3 is 4.52 Å². The largest absolute Gasteiger partial charge is 0.361 e. The molecule has 1 heterocycles. The number of carbonyl (C=O) groups is 1. The molecular weight excluding hydrogens is 226 g/mol. The molecule has 0 bridgehead atoms. The average molecular weight is 236 g/mol. The Balaban J connectivity index is 2.69. The molecule has 0 fully saturated rings. The topological polar surface area (TPSA) is 43.1 Å². The molecule has 0 N–H and O–H groups in total. The van der Waals surface area contributed by atoms with Gasteiger partial charge in [0.15, 0.2) is 6.29 Å². The zero-order valence-corrected chi connectivity index (χ0v) is 9.71. The van der Waals surface area contributed by atoms with Gasteiger partial charge in [0, 0.05) is 16.7 Å². The van der Waals surface area contributed by atoms with Gasteiger partial charge in [0.05, 0.1) is 10.7 Å². The van der Waals surface area contributed by atoms with Crippen LogP contribution in [0, 0.1) is 13.8 Å². The van der Waals surface area contributed by atoms with Crippen molar-refractivity contribution >= 4 is 17.9 Å². The van der Waals surface area contributed by atoms with E-state index in [9.17, 15) is 4.79 Å². The molecule has 0 aliphatic heterocycles. The second kappa shape index (κ2) is 4.10. The predicted octanol–water partition coefficient (Wildman–Crippen LogP) is 3.42. The number of aryl methyl sites for hydroxylation is 2. The van der Waals surface area contributed by atoms with E-state index in [1.165, 1.54) is 0 Å². The first-order chi connectivity index (χ1) is 7.65. The fraction of sp³-hybridized carbons (Fsp3) is 0.167. The van der Waals surface area contributed by atoms with Gasteiger partial charge in [-0.25, -0.2) is 0 Å². The average Bonchev–Trinajstić information content (AvgIpc) is 2.60. The van der Waals surface area contributed by atoms with Crippen molar-refractivity contribution in [3.05, 3.63) is 40.2 Å². The van der Waals surface area contributed by atoms with Crippen LogP contribution in [0.3, 0.4) is 0 Å². The van der Waals surface area contributed by atoms with Crippen molar-refractivity contribution in [2.45, 2.75) is 13.8 Å². The third kappa shape index (κ3) is 1.63. The Hall–Kier alpha value is -1.61. The Morgan fingerprint density at radius 2 is 2.12 bits per heavy atom. The summed E-state index contributed by atoms with van der Waals surface area (Å²) in [6.07, 6.45) is 0.740. The Morgan fingerprint density at radius 1 is 1.38 bits per heavy atom. The van der Waals surface area contributed by atoms with Gasteiger partial charge in [-0.2, -0.15) is 0 Å². The minimum atomic E-state index is 0.437. The maximum Gasteiger partial charge on any atom is 0.151 e. The summed E-state index contributed by atoms with van der Waals surface area (Å²) in [4.78, 5) is 10.8. The number of aldehydes is 1. The molecule has 16 heavy (non-hydrogen) atoms. The maximum atomic E-state index is 10.8. The molecule has 0 radical (unpaired) electrons. The summed E-state index contributed by atoms with van der Waals surface area (Å²) in [5.74, 6) is 0.697. The standard InChI is InChI=1S/C12H10ClNO2/c1-7-11(8(2)16-14-7)10-5-3-4-9(6-15)12(10)13/h3-6H,1-2H3. The summed E-state index contributed by atoms with van der Waals surface area (Å²) in [6, 6.07) is 5.32. The maximum absolute atomic E-state index is 10.8. The van der Waals surface area contributed by atoms with Crippen molar-refractivity contribution < 1.29 is 9.32 Å². The number of hydrogen-bond donors (Lipinski definition) is 0. The van der Waals surface area contributed by atoms with Crippen LogP contribution < -0.4 is 0 Å². The second-order valence-corrected chi connectivity index (χ2v) is 3.90. The van der Waals surface area contributed by atoms with Crippen LogP contribution in [0.4, 0.5) is 0 Å². The molecule has 2 aromatic rings. The number of aromatic nitrogens is 1. The van der Waals surface area contributed by atoms with E-state index in [2.05, 4.69) is 5.16 Å². The van der Waals surface area contributed by atoms with Gasteiger partial charge in [-0.1, -0.05) is 35.0 Å². The van der Waals surface area contributed by atoms with Gasteiger partial charge in [0.1, 0.15) is 5.76 Å². The number of nitrogens with zero attached hydrogens (tertiary/aromatic N) is 1. The molecular formula is C12H10ClNO2. The molecule has 0 saturated heterocycles. The molecule has 82 valence electrons. The lowest BCUT2D eigenvalue weighted by Gasteiger charge is -2.05. The first-order valence-corrected chi connectivity index (χ1v) is 5.20. The molecule has 1 aromatic heterocycles. The van der Waals surface area contributed by atoms with Crippen molar-refractivity contribution in [3.63, 3.8) is 0 Å². The summed E-state index contributed by atoms with van der Waals surface area (Å²) in [5, 5.41) is 4.30. The molecule has 0 saturated carbocycles. The highest BCUT2D eigenvalue weighted by Gasteiger charge is 2.15. The third-order valence-electron chi connectivity index (χ3n) is 2.46.